The van der Waals surface area contributed by atoms with Gasteiger partial charge in [0.25, 0.3) is 0 Å². The van der Waals surface area contributed by atoms with Gasteiger partial charge < -0.3 is 15.5 Å². The number of carbonyl (C=O) groups excluding carboxylic acids is 2. The van der Waals surface area contributed by atoms with Crippen LogP contribution in [-0.4, -0.2) is 62.9 Å². The summed E-state index contributed by atoms with van der Waals surface area (Å²) >= 11 is 0. The Kier molecular flexibility index (Phi) is 5.44. The van der Waals surface area contributed by atoms with E-state index in [1.54, 1.807) is 0 Å². The fourth-order valence-electron chi connectivity index (χ4n) is 2.74. The van der Waals surface area contributed by atoms with Crippen LogP contribution in [0.1, 0.15) is 25.7 Å². The van der Waals surface area contributed by atoms with Crippen molar-refractivity contribution in [1.82, 2.24) is 15.5 Å². The van der Waals surface area contributed by atoms with Crippen LogP contribution in [-0.2, 0) is 14.6 Å². The molecular weight excluding hydrogens is 294 g/mol. The average molecular weight is 317 g/mol. The Balaban J connectivity index is 1.53. The lowest BCUT2D eigenvalue weighted by molar-refractivity contribution is -0.127. The number of urea groups is 1. The number of likely N-dealkylation sites (tertiary alicyclic amines) is 1. The van der Waals surface area contributed by atoms with Crippen LogP contribution in [0.15, 0.2) is 0 Å². The van der Waals surface area contributed by atoms with E-state index in [0.717, 1.165) is 19.4 Å². The fourth-order valence-corrected chi connectivity index (χ4v) is 4.61. The van der Waals surface area contributed by atoms with E-state index < -0.39 is 9.84 Å². The number of sulfone groups is 1. The van der Waals surface area contributed by atoms with Gasteiger partial charge in [0.1, 0.15) is 0 Å². The second kappa shape index (κ2) is 7.11. The highest BCUT2D eigenvalue weighted by Crippen LogP contribution is 2.17. The molecule has 0 radical (unpaired) electrons. The molecule has 2 N–H and O–H groups in total. The molecule has 0 aliphatic carbocycles. The summed E-state index contributed by atoms with van der Waals surface area (Å²) in [6.07, 6.45) is 2.92. The van der Waals surface area contributed by atoms with E-state index in [9.17, 15) is 18.0 Å². The summed E-state index contributed by atoms with van der Waals surface area (Å²) in [6.45, 7) is 2.41. The third-order valence-electron chi connectivity index (χ3n) is 3.94. The second-order valence-corrected chi connectivity index (χ2v) is 7.97. The van der Waals surface area contributed by atoms with Gasteiger partial charge in [-0.3, -0.25) is 4.79 Å². The number of rotatable bonds is 6. The van der Waals surface area contributed by atoms with Crippen LogP contribution in [0.4, 0.5) is 4.79 Å². The zero-order chi connectivity index (χ0) is 15.3. The summed E-state index contributed by atoms with van der Waals surface area (Å²) in [5.74, 6) is 0.625. The van der Waals surface area contributed by atoms with Gasteiger partial charge in [0, 0.05) is 32.6 Å². The van der Waals surface area contributed by atoms with E-state index in [0.29, 0.717) is 32.5 Å². The molecule has 2 aliphatic rings. The van der Waals surface area contributed by atoms with Crippen LogP contribution in [0.5, 0.6) is 0 Å². The Morgan fingerprint density at radius 1 is 1.33 bits per heavy atom. The van der Waals surface area contributed by atoms with Crippen LogP contribution in [0.2, 0.25) is 0 Å². The van der Waals surface area contributed by atoms with Crippen LogP contribution in [0.25, 0.3) is 0 Å². The summed E-state index contributed by atoms with van der Waals surface area (Å²) in [4.78, 5) is 24.8. The molecule has 120 valence electrons. The zero-order valence-corrected chi connectivity index (χ0v) is 13.0. The number of nitrogens with one attached hydrogen (secondary N) is 2. The minimum Gasteiger partial charge on any atom is -0.343 e. The summed E-state index contributed by atoms with van der Waals surface area (Å²) in [5.41, 5.74) is 0. The van der Waals surface area contributed by atoms with Gasteiger partial charge in [-0.05, 0) is 25.2 Å². The molecule has 3 amide bonds. The van der Waals surface area contributed by atoms with E-state index in [4.69, 9.17) is 0 Å². The molecule has 0 spiro atoms. The first-order chi connectivity index (χ1) is 9.96. The maximum absolute atomic E-state index is 11.6. The van der Waals surface area contributed by atoms with Crippen LogP contribution in [0, 0.1) is 5.92 Å². The Morgan fingerprint density at radius 2 is 2.14 bits per heavy atom. The first-order valence-electron chi connectivity index (χ1n) is 7.46. The molecule has 0 bridgehead atoms. The van der Waals surface area contributed by atoms with Crippen molar-refractivity contribution < 1.29 is 18.0 Å². The Labute approximate surface area is 125 Å². The summed E-state index contributed by atoms with van der Waals surface area (Å²) in [5, 5.41) is 5.43. The highest BCUT2D eigenvalue weighted by Gasteiger charge is 2.27. The van der Waals surface area contributed by atoms with Crippen molar-refractivity contribution >= 4 is 21.8 Å². The molecule has 21 heavy (non-hydrogen) atoms. The minimum absolute atomic E-state index is 0.0305. The molecular formula is C13H23N3O4S. The Morgan fingerprint density at radius 3 is 2.76 bits per heavy atom. The molecule has 0 aromatic carbocycles. The van der Waals surface area contributed by atoms with Crippen LogP contribution >= 0.6 is 0 Å². The quantitative estimate of drug-likeness (QED) is 0.659. The monoisotopic (exact) mass is 317 g/mol. The maximum atomic E-state index is 11.6. The lowest BCUT2D eigenvalue weighted by atomic mass is 10.1. The average Bonchev–Trinajstić information content (AvgIpc) is 2.98. The normalized spacial score (nSPS) is 24.3. The highest BCUT2D eigenvalue weighted by atomic mass is 32.2. The topological polar surface area (TPSA) is 95.6 Å². The van der Waals surface area contributed by atoms with Crippen molar-refractivity contribution in [3.8, 4) is 0 Å². The Bertz CT molecular complexity index is 492. The van der Waals surface area contributed by atoms with Crippen LogP contribution in [0.3, 0.4) is 0 Å². The summed E-state index contributed by atoms with van der Waals surface area (Å²) in [7, 11) is -2.89. The summed E-state index contributed by atoms with van der Waals surface area (Å²) in [6, 6.07) is -0.271. The molecule has 2 rings (SSSR count). The third-order valence-corrected chi connectivity index (χ3v) is 5.78. The third kappa shape index (κ3) is 5.18. The van der Waals surface area contributed by atoms with Gasteiger partial charge >= 0.3 is 6.03 Å². The van der Waals surface area contributed by atoms with Crippen LogP contribution < -0.4 is 10.6 Å². The van der Waals surface area contributed by atoms with E-state index in [2.05, 4.69) is 10.6 Å². The van der Waals surface area contributed by atoms with Gasteiger partial charge in [0.2, 0.25) is 5.91 Å². The van der Waals surface area contributed by atoms with Gasteiger partial charge in [-0.2, -0.15) is 0 Å². The fraction of sp³-hybridized carbons (Fsp3) is 0.846. The van der Waals surface area contributed by atoms with E-state index in [1.165, 1.54) is 0 Å². The number of hydrogen-bond acceptors (Lipinski definition) is 4. The SMILES string of the molecule is O=C(NCCCN1CCCC1=O)NC[C@H]1CCS(=O)(=O)C1. The van der Waals surface area contributed by atoms with Gasteiger partial charge in [-0.25, -0.2) is 13.2 Å². The molecule has 2 aliphatic heterocycles. The van der Waals surface area contributed by atoms with Crippen molar-refractivity contribution in [2.24, 2.45) is 5.92 Å². The molecule has 0 saturated carbocycles. The first kappa shape index (κ1) is 16.1. The first-order valence-corrected chi connectivity index (χ1v) is 9.28. The molecule has 0 aromatic rings. The maximum Gasteiger partial charge on any atom is 0.314 e. The van der Waals surface area contributed by atoms with E-state index >= 15 is 0 Å². The number of hydrogen-bond donors (Lipinski definition) is 2. The molecule has 0 unspecified atom stereocenters. The Hall–Kier alpha value is -1.31. The molecule has 1 atom stereocenters. The molecule has 2 saturated heterocycles. The van der Waals surface area contributed by atoms with Crippen molar-refractivity contribution in [3.63, 3.8) is 0 Å². The van der Waals surface area contributed by atoms with E-state index in [1.807, 2.05) is 4.90 Å². The smallest absolute Gasteiger partial charge is 0.314 e. The predicted octanol–water partition coefficient (Wildman–Crippen LogP) is -0.267. The highest BCUT2D eigenvalue weighted by molar-refractivity contribution is 7.91. The van der Waals surface area contributed by atoms with Crippen molar-refractivity contribution in [3.05, 3.63) is 0 Å². The van der Waals surface area contributed by atoms with Gasteiger partial charge in [0.05, 0.1) is 11.5 Å². The van der Waals surface area contributed by atoms with Gasteiger partial charge in [-0.15, -0.1) is 0 Å². The minimum atomic E-state index is -2.89. The number of carbonyl (C=O) groups is 2. The van der Waals surface area contributed by atoms with Crippen molar-refractivity contribution in [2.75, 3.05) is 37.7 Å². The molecule has 2 fully saturated rings. The standard InChI is InChI=1S/C13H23N3O4S/c17-12-3-1-6-16(12)7-2-5-14-13(18)15-9-11-4-8-21(19,20)10-11/h11H,1-10H2,(H2,14,15,18)/t11-/m1/s1. The molecule has 7 nitrogen and oxygen atoms in total. The lowest BCUT2D eigenvalue weighted by Crippen LogP contribution is -2.39. The number of nitrogens with zero attached hydrogens (tertiary/aromatic N) is 1. The van der Waals surface area contributed by atoms with Gasteiger partial charge in [-0.1, -0.05) is 0 Å². The molecule has 2 heterocycles. The number of amides is 3. The largest absolute Gasteiger partial charge is 0.343 e. The predicted molar refractivity (Wildman–Crippen MR) is 78.6 cm³/mol. The zero-order valence-electron chi connectivity index (χ0n) is 12.1. The van der Waals surface area contributed by atoms with Crippen molar-refractivity contribution in [1.29, 1.82) is 0 Å². The molecule has 0 aromatic heterocycles. The summed E-state index contributed by atoms with van der Waals surface area (Å²) < 4.78 is 22.6. The molecule has 8 heteroatoms. The second-order valence-electron chi connectivity index (χ2n) is 5.74. The van der Waals surface area contributed by atoms with Gasteiger partial charge in [0.15, 0.2) is 9.84 Å². The van der Waals surface area contributed by atoms with Crippen molar-refractivity contribution in [2.45, 2.75) is 25.7 Å². The lowest BCUT2D eigenvalue weighted by Gasteiger charge is -2.15. The van der Waals surface area contributed by atoms with E-state index in [-0.39, 0.29) is 29.4 Å².